The van der Waals surface area contributed by atoms with E-state index >= 15 is 0 Å². The monoisotopic (exact) mass is 334 g/mol. The van der Waals surface area contributed by atoms with Crippen LogP contribution in [0.15, 0.2) is 30.3 Å². The molecule has 0 radical (unpaired) electrons. The zero-order valence-electron chi connectivity index (χ0n) is 14.6. The fourth-order valence-corrected chi connectivity index (χ4v) is 2.05. The minimum Gasteiger partial charge on any atom is -0.481 e. The Morgan fingerprint density at radius 1 is 1.08 bits per heavy atom. The van der Waals surface area contributed by atoms with E-state index in [1.807, 2.05) is 30.3 Å². The molecule has 0 saturated heterocycles. The minimum atomic E-state index is -0.917. The van der Waals surface area contributed by atoms with Gasteiger partial charge in [0.15, 0.2) is 0 Å². The molecule has 0 aromatic heterocycles. The Balaban J connectivity index is 2.76. The number of amides is 2. The van der Waals surface area contributed by atoms with Gasteiger partial charge in [-0.1, -0.05) is 51.1 Å². The highest BCUT2D eigenvalue weighted by Crippen LogP contribution is 2.19. The SMILES string of the molecule is CC(NC(=O)C(C)(C)C)C(=O)NC(CCC(=O)O)c1ccccc1. The van der Waals surface area contributed by atoms with Gasteiger partial charge in [0.05, 0.1) is 6.04 Å². The van der Waals surface area contributed by atoms with Crippen LogP contribution in [0, 0.1) is 5.41 Å². The van der Waals surface area contributed by atoms with Crippen LogP contribution in [-0.4, -0.2) is 28.9 Å². The van der Waals surface area contributed by atoms with Crippen LogP contribution in [0.3, 0.4) is 0 Å². The third-order valence-corrected chi connectivity index (χ3v) is 3.59. The quantitative estimate of drug-likeness (QED) is 0.713. The first-order valence-electron chi connectivity index (χ1n) is 7.99. The van der Waals surface area contributed by atoms with Crippen LogP contribution in [0.5, 0.6) is 0 Å². The summed E-state index contributed by atoms with van der Waals surface area (Å²) < 4.78 is 0. The van der Waals surface area contributed by atoms with Gasteiger partial charge in [0.1, 0.15) is 6.04 Å². The molecular formula is C18H26N2O4. The molecule has 2 amide bonds. The topological polar surface area (TPSA) is 95.5 Å². The Morgan fingerprint density at radius 2 is 1.67 bits per heavy atom. The number of aliphatic carboxylic acids is 1. The summed E-state index contributed by atoms with van der Waals surface area (Å²) in [6, 6.07) is 8.08. The van der Waals surface area contributed by atoms with Gasteiger partial charge in [-0.25, -0.2) is 0 Å². The molecule has 0 fully saturated rings. The normalized spacial score (nSPS) is 13.7. The van der Waals surface area contributed by atoms with Crippen molar-refractivity contribution in [2.45, 2.75) is 52.6 Å². The maximum atomic E-state index is 12.4. The number of rotatable bonds is 7. The van der Waals surface area contributed by atoms with Crippen LogP contribution in [0.25, 0.3) is 0 Å². The number of carboxylic acids is 1. The molecule has 0 saturated carbocycles. The van der Waals surface area contributed by atoms with Crippen molar-refractivity contribution in [2.75, 3.05) is 0 Å². The Kier molecular flexibility index (Phi) is 6.95. The van der Waals surface area contributed by atoms with Crippen LogP contribution in [0.4, 0.5) is 0 Å². The maximum Gasteiger partial charge on any atom is 0.303 e. The highest BCUT2D eigenvalue weighted by molar-refractivity contribution is 5.89. The number of benzene rings is 1. The van der Waals surface area contributed by atoms with Gasteiger partial charge >= 0.3 is 5.97 Å². The second-order valence-electron chi connectivity index (χ2n) is 6.85. The number of carboxylic acid groups (broad SMARTS) is 1. The molecular weight excluding hydrogens is 308 g/mol. The van der Waals surface area contributed by atoms with Crippen molar-refractivity contribution in [3.8, 4) is 0 Å². The van der Waals surface area contributed by atoms with Crippen molar-refractivity contribution in [3.63, 3.8) is 0 Å². The number of hydrogen-bond acceptors (Lipinski definition) is 3. The van der Waals surface area contributed by atoms with Crippen molar-refractivity contribution in [3.05, 3.63) is 35.9 Å². The second kappa shape index (κ2) is 8.47. The van der Waals surface area contributed by atoms with Crippen LogP contribution >= 0.6 is 0 Å². The van der Waals surface area contributed by atoms with Gasteiger partial charge < -0.3 is 15.7 Å². The van der Waals surface area contributed by atoms with Crippen molar-refractivity contribution in [2.24, 2.45) is 5.41 Å². The molecule has 0 aliphatic heterocycles. The van der Waals surface area contributed by atoms with Crippen molar-refractivity contribution >= 4 is 17.8 Å². The third kappa shape index (κ3) is 6.40. The second-order valence-corrected chi connectivity index (χ2v) is 6.85. The van der Waals surface area contributed by atoms with Crippen LogP contribution in [-0.2, 0) is 14.4 Å². The van der Waals surface area contributed by atoms with E-state index in [2.05, 4.69) is 10.6 Å². The third-order valence-electron chi connectivity index (χ3n) is 3.59. The van der Waals surface area contributed by atoms with E-state index in [9.17, 15) is 14.4 Å². The Bertz CT molecular complexity index is 578. The molecule has 3 N–H and O–H groups in total. The van der Waals surface area contributed by atoms with Gasteiger partial charge in [-0.2, -0.15) is 0 Å². The van der Waals surface area contributed by atoms with Crippen LogP contribution in [0.1, 0.15) is 52.1 Å². The van der Waals surface area contributed by atoms with Crippen LogP contribution < -0.4 is 10.6 Å². The first-order valence-corrected chi connectivity index (χ1v) is 7.99. The molecule has 1 rings (SSSR count). The summed E-state index contributed by atoms with van der Waals surface area (Å²) in [5, 5.41) is 14.4. The largest absolute Gasteiger partial charge is 0.481 e. The first-order chi connectivity index (χ1) is 11.1. The molecule has 132 valence electrons. The molecule has 0 spiro atoms. The molecule has 2 unspecified atom stereocenters. The predicted octanol–water partition coefficient (Wildman–Crippen LogP) is 2.26. The predicted molar refractivity (Wildman–Crippen MR) is 91.3 cm³/mol. The maximum absolute atomic E-state index is 12.4. The lowest BCUT2D eigenvalue weighted by molar-refractivity contribution is -0.137. The first kappa shape index (κ1) is 19.7. The van der Waals surface area contributed by atoms with E-state index in [4.69, 9.17) is 5.11 Å². The van der Waals surface area contributed by atoms with Gasteiger partial charge in [0.25, 0.3) is 0 Å². The molecule has 24 heavy (non-hydrogen) atoms. The summed E-state index contributed by atoms with van der Waals surface area (Å²) in [5.74, 6) is -1.47. The minimum absolute atomic E-state index is 0.0530. The molecule has 6 heteroatoms. The number of nitrogens with one attached hydrogen (secondary N) is 2. The van der Waals surface area contributed by atoms with E-state index in [1.165, 1.54) is 0 Å². The zero-order chi connectivity index (χ0) is 18.3. The fourth-order valence-electron chi connectivity index (χ4n) is 2.05. The highest BCUT2D eigenvalue weighted by atomic mass is 16.4. The molecule has 0 bridgehead atoms. The van der Waals surface area contributed by atoms with Gasteiger partial charge in [-0.15, -0.1) is 0 Å². The average molecular weight is 334 g/mol. The fraction of sp³-hybridized carbons (Fsp3) is 0.500. The number of carbonyl (C=O) groups is 3. The summed E-state index contributed by atoms with van der Waals surface area (Å²) in [7, 11) is 0. The molecule has 1 aromatic carbocycles. The molecule has 1 aromatic rings. The molecule has 0 aliphatic carbocycles. The van der Waals surface area contributed by atoms with Gasteiger partial charge in [0, 0.05) is 11.8 Å². The molecule has 2 atom stereocenters. The average Bonchev–Trinajstić information content (AvgIpc) is 2.50. The summed E-state index contributed by atoms with van der Waals surface area (Å²) in [6.45, 7) is 6.92. The Labute approximate surface area is 142 Å². The lowest BCUT2D eigenvalue weighted by Crippen LogP contribution is -2.49. The van der Waals surface area contributed by atoms with Gasteiger partial charge in [-0.3, -0.25) is 14.4 Å². The van der Waals surface area contributed by atoms with Crippen molar-refractivity contribution in [1.82, 2.24) is 10.6 Å². The van der Waals surface area contributed by atoms with E-state index in [0.717, 1.165) is 5.56 Å². The van der Waals surface area contributed by atoms with Gasteiger partial charge in [0.2, 0.25) is 11.8 Å². The van der Waals surface area contributed by atoms with E-state index in [1.54, 1.807) is 27.7 Å². The summed E-state index contributed by atoms with van der Waals surface area (Å²) in [5.41, 5.74) is 0.248. The van der Waals surface area contributed by atoms with Crippen LogP contribution in [0.2, 0.25) is 0 Å². The Hall–Kier alpha value is -2.37. The van der Waals surface area contributed by atoms with E-state index < -0.39 is 23.5 Å². The van der Waals surface area contributed by atoms with E-state index in [0.29, 0.717) is 0 Å². The number of carbonyl (C=O) groups excluding carboxylic acids is 2. The lowest BCUT2D eigenvalue weighted by Gasteiger charge is -2.24. The summed E-state index contributed by atoms with van der Waals surface area (Å²) >= 11 is 0. The lowest BCUT2D eigenvalue weighted by atomic mass is 9.95. The summed E-state index contributed by atoms with van der Waals surface area (Å²) in [4.78, 5) is 35.2. The number of hydrogen-bond donors (Lipinski definition) is 3. The Morgan fingerprint density at radius 3 is 2.17 bits per heavy atom. The summed E-state index contributed by atoms with van der Waals surface area (Å²) in [6.07, 6.45) is 0.230. The van der Waals surface area contributed by atoms with Crippen molar-refractivity contribution < 1.29 is 19.5 Å². The molecule has 0 aliphatic rings. The zero-order valence-corrected chi connectivity index (χ0v) is 14.6. The van der Waals surface area contributed by atoms with E-state index in [-0.39, 0.29) is 24.7 Å². The molecule has 0 heterocycles. The smallest absolute Gasteiger partial charge is 0.303 e. The van der Waals surface area contributed by atoms with Crippen molar-refractivity contribution in [1.29, 1.82) is 0 Å². The highest BCUT2D eigenvalue weighted by Gasteiger charge is 2.26. The van der Waals surface area contributed by atoms with Gasteiger partial charge in [-0.05, 0) is 18.9 Å². The molecule has 6 nitrogen and oxygen atoms in total. The standard InChI is InChI=1S/C18H26N2O4/c1-12(19-17(24)18(2,3)4)16(23)20-14(10-11-15(21)22)13-8-6-5-7-9-13/h5-9,12,14H,10-11H2,1-4H3,(H,19,24)(H,20,23)(H,21,22).